The molecule has 0 spiro atoms. The van der Waals surface area contributed by atoms with Crippen LogP contribution in [0.2, 0.25) is 0 Å². The van der Waals surface area contributed by atoms with E-state index in [-0.39, 0.29) is 23.7 Å². The van der Waals surface area contributed by atoms with Gasteiger partial charge in [0.2, 0.25) is 5.91 Å². The summed E-state index contributed by atoms with van der Waals surface area (Å²) in [7, 11) is 1.78. The van der Waals surface area contributed by atoms with Gasteiger partial charge in [-0.05, 0) is 29.0 Å². The number of aromatic nitrogens is 1. The molecule has 1 amide bonds. The third kappa shape index (κ3) is 5.34. The molecule has 4 N–H and O–H groups in total. The molecule has 1 aliphatic rings. The van der Waals surface area contributed by atoms with Gasteiger partial charge >= 0.3 is 0 Å². The zero-order chi connectivity index (χ0) is 23.3. The fourth-order valence-corrected chi connectivity index (χ4v) is 3.99. The fourth-order valence-electron chi connectivity index (χ4n) is 3.99. The molecule has 3 rings (SSSR count). The average molecular weight is 436 g/mol. The molecule has 0 aliphatic carbocycles. The topological polar surface area (TPSA) is 101 Å². The summed E-state index contributed by atoms with van der Waals surface area (Å²) in [5.74, 6) is 0.413. The number of benzene rings is 1. The van der Waals surface area contributed by atoms with Crippen LogP contribution in [0.15, 0.2) is 48.8 Å². The van der Waals surface area contributed by atoms with E-state index < -0.39 is 6.23 Å². The van der Waals surface area contributed by atoms with E-state index in [1.54, 1.807) is 19.4 Å². The van der Waals surface area contributed by atoms with Crippen molar-refractivity contribution in [2.45, 2.75) is 39.8 Å². The van der Waals surface area contributed by atoms with Crippen LogP contribution < -0.4 is 15.5 Å². The van der Waals surface area contributed by atoms with Crippen molar-refractivity contribution in [1.29, 1.82) is 5.41 Å². The first-order valence-electron chi connectivity index (χ1n) is 10.9. The number of aliphatic hydroxyl groups excluding tert-OH is 1. The SMILES string of the molecule is CN/C=C(\C=N)c1cccc(CC(=O)Nc2cc(N3CCC(C)(C)C(C)C3O)ccn2)c1. The highest BCUT2D eigenvalue weighted by atomic mass is 16.3. The molecule has 2 heterocycles. The number of allylic oxidation sites excluding steroid dienone is 1. The first-order valence-corrected chi connectivity index (χ1v) is 10.9. The predicted octanol–water partition coefficient (Wildman–Crippen LogP) is 3.66. The van der Waals surface area contributed by atoms with E-state index in [1.807, 2.05) is 41.3 Å². The standard InChI is InChI=1S/C25H33N5O2/c1-17-24(32)30(11-9-25(17,2)3)21-8-10-28-22(14-21)29-23(31)13-18-6-5-7-19(12-18)20(15-26)16-27-4/h5-8,10,12,14-17,24,26-27,32H,9,11,13H2,1-4H3,(H,28,29,31)/b20-16+,26-15?. The summed E-state index contributed by atoms with van der Waals surface area (Å²) in [4.78, 5) is 18.9. The van der Waals surface area contributed by atoms with Gasteiger partial charge in [0, 0.05) is 55.4 Å². The third-order valence-electron chi connectivity index (χ3n) is 6.42. The van der Waals surface area contributed by atoms with Crippen LogP contribution in [0.25, 0.3) is 5.57 Å². The minimum Gasteiger partial charge on any atom is -0.393 e. The minimum atomic E-state index is -0.582. The maximum Gasteiger partial charge on any atom is 0.229 e. The number of carbonyl (C=O) groups is 1. The van der Waals surface area contributed by atoms with Crippen LogP contribution in [0.1, 0.15) is 38.3 Å². The van der Waals surface area contributed by atoms with E-state index >= 15 is 0 Å². The lowest BCUT2D eigenvalue weighted by molar-refractivity contribution is -0.115. The maximum atomic E-state index is 12.7. The van der Waals surface area contributed by atoms with Crippen molar-refractivity contribution in [1.82, 2.24) is 10.3 Å². The molecule has 32 heavy (non-hydrogen) atoms. The van der Waals surface area contributed by atoms with Gasteiger partial charge in [0.15, 0.2) is 0 Å². The molecule has 1 aromatic carbocycles. The lowest BCUT2D eigenvalue weighted by Gasteiger charge is -2.47. The molecule has 2 atom stereocenters. The van der Waals surface area contributed by atoms with Crippen LogP contribution >= 0.6 is 0 Å². The maximum absolute atomic E-state index is 12.7. The Balaban J connectivity index is 1.69. The summed E-state index contributed by atoms with van der Waals surface area (Å²) in [6.45, 7) is 7.19. The van der Waals surface area contributed by atoms with Gasteiger partial charge in [0.25, 0.3) is 0 Å². The number of piperidine rings is 1. The average Bonchev–Trinajstić information content (AvgIpc) is 2.76. The van der Waals surface area contributed by atoms with Crippen molar-refractivity contribution in [3.05, 3.63) is 59.9 Å². The van der Waals surface area contributed by atoms with Crippen LogP contribution in [-0.2, 0) is 11.2 Å². The van der Waals surface area contributed by atoms with Crippen molar-refractivity contribution in [2.75, 3.05) is 23.8 Å². The van der Waals surface area contributed by atoms with Crippen molar-refractivity contribution in [2.24, 2.45) is 11.3 Å². The largest absolute Gasteiger partial charge is 0.393 e. The van der Waals surface area contributed by atoms with Crippen LogP contribution in [0.3, 0.4) is 0 Å². The van der Waals surface area contributed by atoms with Gasteiger partial charge in [-0.15, -0.1) is 0 Å². The van der Waals surface area contributed by atoms with Gasteiger partial charge in [-0.2, -0.15) is 0 Å². The lowest BCUT2D eigenvalue weighted by Crippen LogP contribution is -2.51. The number of nitrogens with one attached hydrogen (secondary N) is 3. The van der Waals surface area contributed by atoms with Crippen molar-refractivity contribution >= 4 is 29.2 Å². The Kier molecular flexibility index (Phi) is 7.30. The smallest absolute Gasteiger partial charge is 0.229 e. The Morgan fingerprint density at radius 2 is 2.12 bits per heavy atom. The number of nitrogens with zero attached hydrogens (tertiary/aromatic N) is 2. The molecule has 7 heteroatoms. The molecule has 1 fully saturated rings. The van der Waals surface area contributed by atoms with Gasteiger partial charge in [0.1, 0.15) is 12.0 Å². The highest BCUT2D eigenvalue weighted by molar-refractivity contribution is 6.08. The summed E-state index contributed by atoms with van der Waals surface area (Å²) in [6.07, 6.45) is 5.27. The van der Waals surface area contributed by atoms with Crippen LogP contribution in [0, 0.1) is 16.7 Å². The Hall–Kier alpha value is -3.19. The number of pyridine rings is 1. The Morgan fingerprint density at radius 3 is 2.84 bits per heavy atom. The van der Waals surface area contributed by atoms with E-state index in [4.69, 9.17) is 5.41 Å². The summed E-state index contributed by atoms with van der Waals surface area (Å²) in [5.41, 5.74) is 3.38. The summed E-state index contributed by atoms with van der Waals surface area (Å²) < 4.78 is 0. The molecule has 170 valence electrons. The highest BCUT2D eigenvalue weighted by Crippen LogP contribution is 2.40. The van der Waals surface area contributed by atoms with Crippen LogP contribution in [0.5, 0.6) is 0 Å². The number of anilines is 2. The molecule has 2 unspecified atom stereocenters. The molecule has 2 aromatic rings. The fraction of sp³-hybridized carbons (Fsp3) is 0.400. The molecular weight excluding hydrogens is 402 g/mol. The monoisotopic (exact) mass is 435 g/mol. The second-order valence-corrected chi connectivity index (χ2v) is 8.99. The molecule has 0 saturated carbocycles. The van der Waals surface area contributed by atoms with E-state index in [0.29, 0.717) is 5.82 Å². The third-order valence-corrected chi connectivity index (χ3v) is 6.42. The molecule has 1 saturated heterocycles. The van der Waals surface area contributed by atoms with Gasteiger partial charge in [0.05, 0.1) is 6.42 Å². The number of aliphatic hydroxyl groups is 1. The van der Waals surface area contributed by atoms with E-state index in [1.165, 1.54) is 6.21 Å². The van der Waals surface area contributed by atoms with Gasteiger partial charge in [-0.25, -0.2) is 4.98 Å². The van der Waals surface area contributed by atoms with E-state index in [9.17, 15) is 9.90 Å². The van der Waals surface area contributed by atoms with Gasteiger partial charge < -0.3 is 26.0 Å². The summed E-state index contributed by atoms with van der Waals surface area (Å²) in [5, 5.41) is 24.2. The van der Waals surface area contributed by atoms with Gasteiger partial charge in [-0.1, -0.05) is 45.0 Å². The minimum absolute atomic E-state index is 0.0779. The second kappa shape index (κ2) is 9.96. The zero-order valence-corrected chi connectivity index (χ0v) is 19.2. The van der Waals surface area contributed by atoms with Gasteiger partial charge in [-0.3, -0.25) is 4.79 Å². The van der Waals surface area contributed by atoms with Crippen molar-refractivity contribution in [3.63, 3.8) is 0 Å². The molecule has 0 bridgehead atoms. The highest BCUT2D eigenvalue weighted by Gasteiger charge is 2.39. The first kappa shape index (κ1) is 23.5. The Labute approximate surface area is 190 Å². The predicted molar refractivity (Wildman–Crippen MR) is 130 cm³/mol. The van der Waals surface area contributed by atoms with E-state index in [0.717, 1.165) is 35.4 Å². The number of hydrogen-bond donors (Lipinski definition) is 4. The number of rotatable bonds is 7. The Bertz CT molecular complexity index is 1000. The molecular formula is C25H33N5O2. The van der Waals surface area contributed by atoms with Crippen molar-refractivity contribution in [3.8, 4) is 0 Å². The van der Waals surface area contributed by atoms with Crippen LogP contribution in [-0.4, -0.2) is 42.0 Å². The zero-order valence-electron chi connectivity index (χ0n) is 19.2. The van der Waals surface area contributed by atoms with Crippen LogP contribution in [0.4, 0.5) is 11.5 Å². The van der Waals surface area contributed by atoms with E-state index in [2.05, 4.69) is 36.4 Å². The number of hydrogen-bond acceptors (Lipinski definition) is 6. The molecule has 1 aliphatic heterocycles. The lowest BCUT2D eigenvalue weighted by atomic mass is 9.73. The molecule has 1 aromatic heterocycles. The molecule has 7 nitrogen and oxygen atoms in total. The van der Waals surface area contributed by atoms with Crippen molar-refractivity contribution < 1.29 is 9.90 Å². The number of amides is 1. The Morgan fingerprint density at radius 1 is 1.34 bits per heavy atom. The quantitative estimate of drug-likeness (QED) is 0.497. The normalized spacial score (nSPS) is 20.5. The number of carbonyl (C=O) groups excluding carboxylic acids is 1. The summed E-state index contributed by atoms with van der Waals surface area (Å²) in [6, 6.07) is 11.3. The first-order chi connectivity index (χ1) is 15.2. The molecule has 0 radical (unpaired) electrons. The second-order valence-electron chi connectivity index (χ2n) is 8.99. The summed E-state index contributed by atoms with van der Waals surface area (Å²) >= 11 is 0.